The van der Waals surface area contributed by atoms with Gasteiger partial charge in [0.05, 0.1) is 12.2 Å². The van der Waals surface area contributed by atoms with Crippen LogP contribution in [0.25, 0.3) is 0 Å². The number of aliphatic hydroxyl groups is 2. The van der Waals surface area contributed by atoms with Crippen LogP contribution in [-0.4, -0.2) is 22.4 Å². The van der Waals surface area contributed by atoms with E-state index in [4.69, 9.17) is 0 Å². The lowest BCUT2D eigenvalue weighted by molar-refractivity contribution is 0.00711. The lowest BCUT2D eigenvalue weighted by Gasteiger charge is -2.17. The Balaban J connectivity index is 3.29. The van der Waals surface area contributed by atoms with Crippen LogP contribution in [0, 0.1) is 0 Å². The molecule has 0 amide bonds. The molecule has 0 saturated heterocycles. The molecule has 0 heterocycles. The third-order valence-corrected chi connectivity index (χ3v) is 6.21. The third-order valence-electron chi connectivity index (χ3n) is 6.21. The normalized spacial score (nSPS) is 13.5. The van der Waals surface area contributed by atoms with Crippen LogP contribution in [0.3, 0.4) is 0 Å². The Hall–Kier alpha value is -0.340. The number of hydrogen-bond donors (Lipinski definition) is 2. The first-order valence-corrected chi connectivity index (χ1v) is 13.2. The standard InChI is InChI=1S/C27H54O2/c1-3-5-7-9-11-13-14-15-16-17-19-21-23-25-27(29)26(28)24-22-20-18-12-10-8-6-4-2/h4,26-29H,2-3,5-25H2,1H3. The molecule has 0 bridgehead atoms. The minimum absolute atomic E-state index is 0.518. The largest absolute Gasteiger partial charge is 0.390 e. The predicted molar refractivity (Wildman–Crippen MR) is 129 cm³/mol. The van der Waals surface area contributed by atoms with Crippen molar-refractivity contribution in [2.24, 2.45) is 0 Å². The van der Waals surface area contributed by atoms with Gasteiger partial charge in [0, 0.05) is 0 Å². The van der Waals surface area contributed by atoms with Crippen molar-refractivity contribution in [1.29, 1.82) is 0 Å². The van der Waals surface area contributed by atoms with Crippen molar-refractivity contribution in [1.82, 2.24) is 0 Å². The maximum absolute atomic E-state index is 10.1. The lowest BCUT2D eigenvalue weighted by Crippen LogP contribution is -2.25. The summed E-state index contributed by atoms with van der Waals surface area (Å²) >= 11 is 0. The monoisotopic (exact) mass is 410 g/mol. The van der Waals surface area contributed by atoms with Crippen LogP contribution >= 0.6 is 0 Å². The van der Waals surface area contributed by atoms with Gasteiger partial charge >= 0.3 is 0 Å². The van der Waals surface area contributed by atoms with Crippen molar-refractivity contribution in [2.75, 3.05) is 0 Å². The van der Waals surface area contributed by atoms with E-state index in [1.165, 1.54) is 109 Å². The van der Waals surface area contributed by atoms with E-state index in [-0.39, 0.29) is 0 Å². The number of unbranched alkanes of at least 4 members (excludes halogenated alkanes) is 18. The fourth-order valence-electron chi connectivity index (χ4n) is 4.11. The van der Waals surface area contributed by atoms with E-state index >= 15 is 0 Å². The first kappa shape index (κ1) is 28.7. The molecular weight excluding hydrogens is 356 g/mol. The summed E-state index contributed by atoms with van der Waals surface area (Å²) in [6, 6.07) is 0. The van der Waals surface area contributed by atoms with Crippen LogP contribution in [0.15, 0.2) is 12.7 Å². The van der Waals surface area contributed by atoms with Gasteiger partial charge in [0.25, 0.3) is 0 Å². The summed E-state index contributed by atoms with van der Waals surface area (Å²) in [6.07, 6.45) is 28.4. The van der Waals surface area contributed by atoms with Crippen LogP contribution in [0.2, 0.25) is 0 Å². The average Bonchev–Trinajstić information content (AvgIpc) is 2.73. The van der Waals surface area contributed by atoms with Crippen LogP contribution in [0.5, 0.6) is 0 Å². The van der Waals surface area contributed by atoms with Gasteiger partial charge in [0.15, 0.2) is 0 Å². The Morgan fingerprint density at radius 3 is 1.17 bits per heavy atom. The van der Waals surface area contributed by atoms with Gasteiger partial charge < -0.3 is 10.2 Å². The molecule has 2 nitrogen and oxygen atoms in total. The zero-order chi connectivity index (χ0) is 21.4. The molecule has 0 aromatic heterocycles. The zero-order valence-corrected chi connectivity index (χ0v) is 19.9. The molecule has 2 unspecified atom stereocenters. The van der Waals surface area contributed by atoms with Gasteiger partial charge in [0.1, 0.15) is 0 Å². The summed E-state index contributed by atoms with van der Waals surface area (Å²) in [5, 5.41) is 20.3. The summed E-state index contributed by atoms with van der Waals surface area (Å²) < 4.78 is 0. The number of aliphatic hydroxyl groups excluding tert-OH is 2. The van der Waals surface area contributed by atoms with Crippen LogP contribution < -0.4 is 0 Å². The molecule has 2 N–H and O–H groups in total. The molecule has 2 heteroatoms. The van der Waals surface area contributed by atoms with Crippen LogP contribution in [0.1, 0.15) is 148 Å². The molecule has 0 spiro atoms. The van der Waals surface area contributed by atoms with E-state index in [9.17, 15) is 10.2 Å². The Kier molecular flexibility index (Phi) is 23.7. The third kappa shape index (κ3) is 22.2. The molecule has 29 heavy (non-hydrogen) atoms. The highest BCUT2D eigenvalue weighted by Gasteiger charge is 2.15. The number of hydrogen-bond acceptors (Lipinski definition) is 2. The quantitative estimate of drug-likeness (QED) is 0.124. The first-order valence-electron chi connectivity index (χ1n) is 13.2. The highest BCUT2D eigenvalue weighted by Crippen LogP contribution is 2.16. The molecule has 0 radical (unpaired) electrons. The topological polar surface area (TPSA) is 40.5 Å². The van der Waals surface area contributed by atoms with Gasteiger partial charge in [-0.1, -0.05) is 129 Å². The summed E-state index contributed by atoms with van der Waals surface area (Å²) in [5.41, 5.74) is 0. The van der Waals surface area contributed by atoms with Gasteiger partial charge in [-0.2, -0.15) is 0 Å². The smallest absolute Gasteiger partial charge is 0.0799 e. The summed E-state index contributed by atoms with van der Waals surface area (Å²) in [6.45, 7) is 6.03. The number of allylic oxidation sites excluding steroid dienone is 1. The zero-order valence-electron chi connectivity index (χ0n) is 19.9. The fourth-order valence-corrected chi connectivity index (χ4v) is 4.11. The molecule has 0 fully saturated rings. The maximum Gasteiger partial charge on any atom is 0.0799 e. The molecule has 0 saturated carbocycles. The second-order valence-electron chi connectivity index (χ2n) is 9.15. The maximum atomic E-state index is 10.1. The molecule has 0 aliphatic heterocycles. The lowest BCUT2D eigenvalue weighted by atomic mass is 9.99. The second-order valence-corrected chi connectivity index (χ2v) is 9.15. The van der Waals surface area contributed by atoms with Crippen molar-refractivity contribution in [3.63, 3.8) is 0 Å². The van der Waals surface area contributed by atoms with E-state index in [0.29, 0.717) is 0 Å². The Morgan fingerprint density at radius 1 is 0.517 bits per heavy atom. The van der Waals surface area contributed by atoms with Crippen LogP contribution in [-0.2, 0) is 0 Å². The predicted octanol–water partition coefficient (Wildman–Crippen LogP) is 8.50. The van der Waals surface area contributed by atoms with Gasteiger partial charge in [-0.05, 0) is 25.7 Å². The van der Waals surface area contributed by atoms with Crippen LogP contribution in [0.4, 0.5) is 0 Å². The van der Waals surface area contributed by atoms with Gasteiger partial charge in [-0.15, -0.1) is 6.58 Å². The highest BCUT2D eigenvalue weighted by atomic mass is 16.3. The SMILES string of the molecule is C=CCCCCCCCCC(O)C(O)CCCCCCCCCCCCCCC. The molecule has 0 rings (SSSR count). The van der Waals surface area contributed by atoms with Gasteiger partial charge in [-0.3, -0.25) is 0 Å². The minimum atomic E-state index is -0.520. The molecule has 0 aliphatic rings. The molecule has 0 aliphatic carbocycles. The minimum Gasteiger partial charge on any atom is -0.390 e. The Morgan fingerprint density at radius 2 is 0.828 bits per heavy atom. The van der Waals surface area contributed by atoms with E-state index in [1.54, 1.807) is 0 Å². The Labute approximate surface area is 183 Å². The fraction of sp³-hybridized carbons (Fsp3) is 0.926. The molecular formula is C27H54O2. The van der Waals surface area contributed by atoms with E-state index < -0.39 is 12.2 Å². The highest BCUT2D eigenvalue weighted by molar-refractivity contribution is 4.68. The van der Waals surface area contributed by atoms with E-state index in [0.717, 1.165) is 32.1 Å². The average molecular weight is 411 g/mol. The van der Waals surface area contributed by atoms with Crippen molar-refractivity contribution < 1.29 is 10.2 Å². The van der Waals surface area contributed by atoms with E-state index in [2.05, 4.69) is 13.5 Å². The van der Waals surface area contributed by atoms with E-state index in [1.807, 2.05) is 6.08 Å². The molecule has 0 aromatic rings. The molecule has 0 aromatic carbocycles. The number of rotatable bonds is 24. The second kappa shape index (κ2) is 23.9. The van der Waals surface area contributed by atoms with Crippen molar-refractivity contribution in [3.8, 4) is 0 Å². The summed E-state index contributed by atoms with van der Waals surface area (Å²) in [5.74, 6) is 0. The van der Waals surface area contributed by atoms with Crippen molar-refractivity contribution in [2.45, 2.75) is 160 Å². The first-order chi connectivity index (χ1) is 14.2. The Bertz CT molecular complexity index is 316. The van der Waals surface area contributed by atoms with Gasteiger partial charge in [0.2, 0.25) is 0 Å². The van der Waals surface area contributed by atoms with Gasteiger partial charge in [-0.25, -0.2) is 0 Å². The van der Waals surface area contributed by atoms with Crippen molar-refractivity contribution >= 4 is 0 Å². The van der Waals surface area contributed by atoms with Crippen molar-refractivity contribution in [3.05, 3.63) is 12.7 Å². The molecule has 2 atom stereocenters. The molecule has 174 valence electrons. The summed E-state index contributed by atoms with van der Waals surface area (Å²) in [4.78, 5) is 0. The summed E-state index contributed by atoms with van der Waals surface area (Å²) in [7, 11) is 0.